The molecule has 0 unspecified atom stereocenters. The van der Waals surface area contributed by atoms with Crippen molar-refractivity contribution in [3.05, 3.63) is 34.3 Å². The van der Waals surface area contributed by atoms with Gasteiger partial charge in [0, 0.05) is 4.47 Å². The van der Waals surface area contributed by atoms with Crippen LogP contribution >= 0.6 is 15.9 Å². The summed E-state index contributed by atoms with van der Waals surface area (Å²) in [6.07, 6.45) is 3.62. The molecule has 0 radical (unpaired) electrons. The molecule has 0 saturated heterocycles. The second kappa shape index (κ2) is 10.5. The Hall–Kier alpha value is -1.36. The van der Waals surface area contributed by atoms with E-state index in [0.717, 1.165) is 29.3 Å². The van der Waals surface area contributed by atoms with Crippen LogP contribution in [0.25, 0.3) is 0 Å². The number of esters is 2. The molecule has 4 nitrogen and oxygen atoms in total. The van der Waals surface area contributed by atoms with E-state index >= 15 is 0 Å². The molecule has 0 aliphatic rings. The lowest BCUT2D eigenvalue weighted by molar-refractivity contribution is -0.174. The summed E-state index contributed by atoms with van der Waals surface area (Å²) in [6.45, 7) is 6.22. The maximum absolute atomic E-state index is 12.6. The number of hydrogen-bond donors (Lipinski definition) is 0. The molecule has 5 heteroatoms. The summed E-state index contributed by atoms with van der Waals surface area (Å²) < 4.78 is 11.7. The van der Waals surface area contributed by atoms with Gasteiger partial charge >= 0.3 is 11.9 Å². The van der Waals surface area contributed by atoms with Gasteiger partial charge in [-0.25, -0.2) is 0 Å². The summed E-state index contributed by atoms with van der Waals surface area (Å²) in [5.74, 6) is -0.976. The van der Waals surface area contributed by atoms with Gasteiger partial charge in [-0.2, -0.15) is 0 Å². The largest absolute Gasteiger partial charge is 0.465 e. The van der Waals surface area contributed by atoms with Gasteiger partial charge in [-0.3, -0.25) is 9.59 Å². The van der Waals surface area contributed by atoms with Crippen LogP contribution in [0.1, 0.15) is 58.4 Å². The van der Waals surface area contributed by atoms with E-state index in [1.165, 1.54) is 0 Å². The molecule has 0 aliphatic carbocycles. The highest BCUT2D eigenvalue weighted by Gasteiger charge is 2.45. The Morgan fingerprint density at radius 3 is 2.29 bits per heavy atom. The maximum Gasteiger partial charge on any atom is 0.323 e. The molecule has 1 aromatic rings. The summed E-state index contributed by atoms with van der Waals surface area (Å²) in [6, 6.07) is 7.54. The highest BCUT2D eigenvalue weighted by Crippen LogP contribution is 2.30. The molecule has 0 bridgehead atoms. The molecule has 24 heavy (non-hydrogen) atoms. The summed E-state index contributed by atoms with van der Waals surface area (Å²) >= 11 is 3.39. The van der Waals surface area contributed by atoms with Crippen molar-refractivity contribution in [3.63, 3.8) is 0 Å². The van der Waals surface area contributed by atoms with Gasteiger partial charge in [0.15, 0.2) is 5.41 Å². The third-order valence-electron chi connectivity index (χ3n) is 4.23. The lowest BCUT2D eigenvalue weighted by atomic mass is 9.82. The predicted molar refractivity (Wildman–Crippen MR) is 97.4 cm³/mol. The molecule has 0 heterocycles. The second-order valence-corrected chi connectivity index (χ2v) is 6.75. The highest BCUT2D eigenvalue weighted by molar-refractivity contribution is 9.10. The first-order valence-electron chi connectivity index (χ1n) is 8.59. The first-order valence-corrected chi connectivity index (χ1v) is 9.38. The van der Waals surface area contributed by atoms with Crippen molar-refractivity contribution < 1.29 is 19.1 Å². The number of benzene rings is 1. The smallest absolute Gasteiger partial charge is 0.323 e. The van der Waals surface area contributed by atoms with E-state index in [1.807, 2.05) is 38.1 Å². The highest BCUT2D eigenvalue weighted by atomic mass is 79.9. The van der Waals surface area contributed by atoms with E-state index < -0.39 is 17.4 Å². The first-order chi connectivity index (χ1) is 11.5. The Balaban J connectivity index is 2.70. The average molecular weight is 399 g/mol. The van der Waals surface area contributed by atoms with Gasteiger partial charge in [-0.05, 0) is 37.0 Å². The molecule has 1 rings (SSSR count). The summed E-state index contributed by atoms with van der Waals surface area (Å²) in [5, 5.41) is 0. The van der Waals surface area contributed by atoms with Crippen LogP contribution in [0.2, 0.25) is 0 Å². The number of carbonyl (C=O) groups is 2. The van der Waals surface area contributed by atoms with E-state index in [2.05, 4.69) is 22.9 Å². The normalized spacial score (nSPS) is 11.2. The van der Waals surface area contributed by atoms with Crippen molar-refractivity contribution >= 4 is 27.9 Å². The topological polar surface area (TPSA) is 52.6 Å². The zero-order valence-corrected chi connectivity index (χ0v) is 16.4. The first kappa shape index (κ1) is 20.7. The number of halogens is 1. The van der Waals surface area contributed by atoms with Gasteiger partial charge in [0.2, 0.25) is 0 Å². The van der Waals surface area contributed by atoms with Crippen LogP contribution in [-0.2, 0) is 25.7 Å². The summed E-state index contributed by atoms with van der Waals surface area (Å²) in [5.41, 5.74) is -0.340. The predicted octanol–water partition coefficient (Wildman–Crippen LogP) is 5.03. The summed E-state index contributed by atoms with van der Waals surface area (Å²) in [7, 11) is 0. The fraction of sp³-hybridized carbons (Fsp3) is 0.579. The SMILES string of the molecule is CCCCCOC(=O)C(CC)(CC)C(=O)OCc1cccc(Br)c1. The number of carbonyl (C=O) groups excluding carboxylic acids is 2. The molecule has 134 valence electrons. The van der Waals surface area contributed by atoms with Gasteiger partial charge in [-0.1, -0.05) is 61.7 Å². The lowest BCUT2D eigenvalue weighted by Gasteiger charge is -2.27. The van der Waals surface area contributed by atoms with Crippen LogP contribution in [0.4, 0.5) is 0 Å². The Morgan fingerprint density at radius 2 is 1.71 bits per heavy atom. The van der Waals surface area contributed by atoms with Crippen molar-refractivity contribution in [1.29, 1.82) is 0 Å². The fourth-order valence-electron chi connectivity index (χ4n) is 2.48. The average Bonchev–Trinajstić information content (AvgIpc) is 2.58. The van der Waals surface area contributed by atoms with Gasteiger partial charge < -0.3 is 9.47 Å². The van der Waals surface area contributed by atoms with E-state index in [9.17, 15) is 9.59 Å². The Labute approximate surface area is 153 Å². The van der Waals surface area contributed by atoms with E-state index in [1.54, 1.807) is 0 Å². The van der Waals surface area contributed by atoms with Crippen LogP contribution in [0, 0.1) is 5.41 Å². The minimum Gasteiger partial charge on any atom is -0.465 e. The standard InChI is InChI=1S/C19H27BrO4/c1-4-7-8-12-23-17(21)19(5-2,6-3)18(22)24-14-15-10-9-11-16(20)13-15/h9-11,13H,4-8,12,14H2,1-3H3. The second-order valence-electron chi connectivity index (χ2n) is 5.84. The van der Waals surface area contributed by atoms with Crippen LogP contribution in [0.3, 0.4) is 0 Å². The number of ether oxygens (including phenoxy) is 2. The minimum absolute atomic E-state index is 0.142. The minimum atomic E-state index is -1.21. The number of rotatable bonds is 10. The van der Waals surface area contributed by atoms with Gasteiger partial charge in [0.05, 0.1) is 6.61 Å². The molecule has 0 N–H and O–H groups in total. The lowest BCUT2D eigenvalue weighted by Crippen LogP contribution is -2.41. The number of hydrogen-bond acceptors (Lipinski definition) is 4. The molecule has 0 atom stereocenters. The van der Waals surface area contributed by atoms with Crippen molar-refractivity contribution in [2.75, 3.05) is 6.61 Å². The van der Waals surface area contributed by atoms with E-state index in [4.69, 9.17) is 9.47 Å². The van der Waals surface area contributed by atoms with Crippen molar-refractivity contribution in [3.8, 4) is 0 Å². The Morgan fingerprint density at radius 1 is 1.04 bits per heavy atom. The third kappa shape index (κ3) is 5.62. The zero-order valence-electron chi connectivity index (χ0n) is 14.8. The van der Waals surface area contributed by atoms with Crippen molar-refractivity contribution in [2.45, 2.75) is 59.5 Å². The molecular formula is C19H27BrO4. The van der Waals surface area contributed by atoms with Gasteiger partial charge in [-0.15, -0.1) is 0 Å². The van der Waals surface area contributed by atoms with Crippen LogP contribution in [-0.4, -0.2) is 18.5 Å². The molecule has 0 aromatic heterocycles. The molecule has 0 saturated carbocycles. The molecule has 0 amide bonds. The van der Waals surface area contributed by atoms with E-state index in [-0.39, 0.29) is 6.61 Å². The molecule has 0 spiro atoms. The van der Waals surface area contributed by atoms with Gasteiger partial charge in [0.25, 0.3) is 0 Å². The number of unbranched alkanes of at least 4 members (excludes halogenated alkanes) is 2. The van der Waals surface area contributed by atoms with Crippen LogP contribution in [0.15, 0.2) is 28.7 Å². The fourth-order valence-corrected chi connectivity index (χ4v) is 2.93. The third-order valence-corrected chi connectivity index (χ3v) is 4.72. The Bertz CT molecular complexity index is 538. The molecule has 0 fully saturated rings. The Kier molecular flexibility index (Phi) is 9.04. The molecule has 0 aliphatic heterocycles. The summed E-state index contributed by atoms with van der Waals surface area (Å²) in [4.78, 5) is 25.0. The molecule has 1 aromatic carbocycles. The van der Waals surface area contributed by atoms with Crippen LogP contribution in [0.5, 0.6) is 0 Å². The molecular weight excluding hydrogens is 372 g/mol. The maximum atomic E-state index is 12.6. The van der Waals surface area contributed by atoms with E-state index in [0.29, 0.717) is 19.4 Å². The van der Waals surface area contributed by atoms with Gasteiger partial charge in [0.1, 0.15) is 6.61 Å². The van der Waals surface area contributed by atoms with Crippen molar-refractivity contribution in [1.82, 2.24) is 0 Å². The zero-order chi connectivity index (χ0) is 18.0. The van der Waals surface area contributed by atoms with Crippen molar-refractivity contribution in [2.24, 2.45) is 5.41 Å². The quantitative estimate of drug-likeness (QED) is 0.315. The van der Waals surface area contributed by atoms with Crippen LogP contribution < -0.4 is 0 Å². The monoisotopic (exact) mass is 398 g/mol.